The average Bonchev–Trinajstić information content (AvgIpc) is 2.69. The lowest BCUT2D eigenvalue weighted by Crippen LogP contribution is -2.62. The molecule has 0 saturated carbocycles. The maximum Gasteiger partial charge on any atom is 0.397 e. The zero-order valence-electron chi connectivity index (χ0n) is 18.3. The van der Waals surface area contributed by atoms with Gasteiger partial charge in [0.1, 0.15) is 18.2 Å². The topological polar surface area (TPSA) is 245 Å². The summed E-state index contributed by atoms with van der Waals surface area (Å²) in [6, 6.07) is -1.41. The molecule has 34 heavy (non-hydrogen) atoms. The number of aliphatic hydroxyl groups excluding tert-OH is 2. The maximum atomic E-state index is 11.4. The molecule has 0 aromatic rings. The van der Waals surface area contributed by atoms with E-state index in [2.05, 4.69) is 4.18 Å². The van der Waals surface area contributed by atoms with Crippen molar-refractivity contribution < 1.29 is 69.2 Å². The molecule has 0 bridgehead atoms. The van der Waals surface area contributed by atoms with Gasteiger partial charge in [0, 0.05) is 18.9 Å². The van der Waals surface area contributed by atoms with Crippen LogP contribution in [0.15, 0.2) is 0 Å². The highest BCUT2D eigenvalue weighted by Gasteiger charge is 2.49. The Bertz CT molecular complexity index is 911. The number of rotatable bonds is 10. The molecule has 18 heteroatoms. The zero-order valence-corrected chi connectivity index (χ0v) is 20.0. The molecule has 0 amide bonds. The van der Waals surface area contributed by atoms with Crippen LogP contribution in [0.4, 0.5) is 0 Å². The monoisotopic (exact) mass is 539 g/mol. The van der Waals surface area contributed by atoms with Crippen LogP contribution < -0.4 is 4.72 Å². The fourth-order valence-corrected chi connectivity index (χ4v) is 5.03. The molecule has 2 fully saturated rings. The number of methoxy groups -OCH3 is 1. The van der Waals surface area contributed by atoms with Crippen LogP contribution in [0.1, 0.15) is 13.8 Å². The average molecular weight is 540 g/mol. The second-order valence-corrected chi connectivity index (χ2v) is 10.3. The number of carboxylic acids is 1. The summed E-state index contributed by atoms with van der Waals surface area (Å²) in [5.41, 5.74) is 0. The van der Waals surface area contributed by atoms with E-state index in [1.807, 2.05) is 0 Å². The van der Waals surface area contributed by atoms with Crippen LogP contribution in [0.25, 0.3) is 0 Å². The molecule has 0 aromatic carbocycles. The Kier molecular flexibility index (Phi) is 9.75. The van der Waals surface area contributed by atoms with Gasteiger partial charge in [-0.05, 0) is 6.92 Å². The van der Waals surface area contributed by atoms with E-state index in [0.717, 1.165) is 0 Å². The molecule has 0 aliphatic carbocycles. The number of carboxylic acid groups (broad SMARTS) is 1. The molecule has 6 unspecified atom stereocenters. The summed E-state index contributed by atoms with van der Waals surface area (Å²) in [5.74, 6) is -3.45. The summed E-state index contributed by atoms with van der Waals surface area (Å²) in [4.78, 5) is 11.4. The van der Waals surface area contributed by atoms with Crippen molar-refractivity contribution in [2.75, 3.05) is 20.3 Å². The van der Waals surface area contributed by atoms with Gasteiger partial charge in [-0.15, -0.1) is 0 Å². The van der Waals surface area contributed by atoms with Gasteiger partial charge in [-0.3, -0.25) is 9.11 Å². The molecule has 16 nitrogen and oxygen atoms in total. The minimum absolute atomic E-state index is 0.343. The molecule has 0 spiro atoms. The van der Waals surface area contributed by atoms with Crippen molar-refractivity contribution in [3.63, 3.8) is 0 Å². The van der Waals surface area contributed by atoms with Crippen LogP contribution in [-0.4, -0.2) is 117 Å². The molecular weight excluding hydrogens is 510 g/mol. The highest BCUT2D eigenvalue weighted by molar-refractivity contribution is 7.83. The Hall–Kier alpha value is -1.03. The minimum atomic E-state index is -5.05. The van der Waals surface area contributed by atoms with Crippen LogP contribution >= 0.6 is 0 Å². The maximum absolute atomic E-state index is 11.4. The van der Waals surface area contributed by atoms with E-state index in [1.54, 1.807) is 4.72 Å². The van der Waals surface area contributed by atoms with Crippen molar-refractivity contribution in [3.05, 3.63) is 0 Å². The molecule has 2 aliphatic heterocycles. The van der Waals surface area contributed by atoms with E-state index in [9.17, 15) is 36.9 Å². The summed E-state index contributed by atoms with van der Waals surface area (Å²) < 4.78 is 90.5. The van der Waals surface area contributed by atoms with Crippen LogP contribution in [0, 0.1) is 11.8 Å². The Morgan fingerprint density at radius 2 is 1.65 bits per heavy atom. The Balaban J connectivity index is 2.13. The molecule has 0 radical (unpaired) electrons. The molecular formula is C16H29NO15S2. The standard InChI is InChI=1S/C16H29NO15S2/c1-6-11(18)14(32-34(25,26)27)9(31-13(6)15(20)21)5-29-4-8-7(2)30-16(28-3)10(12(8)19)17-33(22,23)24/h6-14,16-19H,4-5H2,1-3H3,(H,20,21)(H,22,23,24)(H,25,26,27)/t6?,7-,8?,9?,10?,11+,12+,13+,14?,16?/m1/s1. The molecule has 2 aliphatic rings. The molecule has 2 heterocycles. The Morgan fingerprint density at radius 1 is 1.03 bits per heavy atom. The lowest BCUT2D eigenvalue weighted by atomic mass is 9.88. The second kappa shape index (κ2) is 11.4. The van der Waals surface area contributed by atoms with Gasteiger partial charge in [0.2, 0.25) is 0 Å². The molecule has 2 rings (SSSR count). The van der Waals surface area contributed by atoms with Gasteiger partial charge in [0.05, 0.1) is 31.5 Å². The number of hydrogen-bond donors (Lipinski definition) is 6. The lowest BCUT2D eigenvalue weighted by Gasteiger charge is -2.43. The summed E-state index contributed by atoms with van der Waals surface area (Å²) in [6.45, 7) is 1.92. The summed E-state index contributed by atoms with van der Waals surface area (Å²) in [5, 5.41) is 30.3. The van der Waals surface area contributed by atoms with Gasteiger partial charge < -0.3 is 34.3 Å². The first-order valence-corrected chi connectivity index (χ1v) is 12.8. The molecule has 0 aromatic heterocycles. The summed E-state index contributed by atoms with van der Waals surface area (Å²) in [6.07, 6.45) is -9.87. The van der Waals surface area contributed by atoms with Crippen molar-refractivity contribution in [2.24, 2.45) is 11.8 Å². The van der Waals surface area contributed by atoms with E-state index >= 15 is 0 Å². The van der Waals surface area contributed by atoms with Crippen LogP contribution in [0.2, 0.25) is 0 Å². The Morgan fingerprint density at radius 3 is 2.15 bits per heavy atom. The van der Waals surface area contributed by atoms with Gasteiger partial charge in [0.25, 0.3) is 0 Å². The van der Waals surface area contributed by atoms with Gasteiger partial charge in [-0.2, -0.15) is 21.6 Å². The van der Waals surface area contributed by atoms with E-state index in [-0.39, 0.29) is 6.61 Å². The predicted octanol–water partition coefficient (Wildman–Crippen LogP) is -2.83. The van der Waals surface area contributed by atoms with Crippen molar-refractivity contribution in [1.82, 2.24) is 4.72 Å². The van der Waals surface area contributed by atoms with Gasteiger partial charge in [-0.1, -0.05) is 6.92 Å². The van der Waals surface area contributed by atoms with Gasteiger partial charge in [0.15, 0.2) is 12.4 Å². The number of ether oxygens (including phenoxy) is 4. The molecule has 200 valence electrons. The van der Waals surface area contributed by atoms with Crippen molar-refractivity contribution in [1.29, 1.82) is 0 Å². The van der Waals surface area contributed by atoms with Crippen molar-refractivity contribution in [3.8, 4) is 0 Å². The van der Waals surface area contributed by atoms with Crippen LogP contribution in [0.5, 0.6) is 0 Å². The van der Waals surface area contributed by atoms with Crippen molar-refractivity contribution in [2.45, 2.75) is 62.8 Å². The predicted molar refractivity (Wildman–Crippen MR) is 108 cm³/mol. The first kappa shape index (κ1) is 29.2. The third kappa shape index (κ3) is 7.48. The zero-order chi connectivity index (χ0) is 26.0. The Labute approximate surface area is 195 Å². The first-order chi connectivity index (χ1) is 15.6. The highest BCUT2D eigenvalue weighted by atomic mass is 32.3. The molecule has 10 atom stereocenters. The van der Waals surface area contributed by atoms with Crippen LogP contribution in [0.3, 0.4) is 0 Å². The van der Waals surface area contributed by atoms with Gasteiger partial charge in [-0.25, -0.2) is 8.98 Å². The number of nitrogens with one attached hydrogen (secondary N) is 1. The summed E-state index contributed by atoms with van der Waals surface area (Å²) >= 11 is 0. The van der Waals surface area contributed by atoms with E-state index in [4.69, 9.17) is 28.1 Å². The van der Waals surface area contributed by atoms with E-state index in [0.29, 0.717) is 0 Å². The lowest BCUT2D eigenvalue weighted by molar-refractivity contribution is -0.245. The van der Waals surface area contributed by atoms with Crippen molar-refractivity contribution >= 4 is 26.7 Å². The largest absolute Gasteiger partial charge is 0.479 e. The fraction of sp³-hybridized carbons (Fsp3) is 0.938. The third-order valence-corrected chi connectivity index (χ3v) is 6.71. The second-order valence-electron chi connectivity index (χ2n) is 8.03. The summed E-state index contributed by atoms with van der Waals surface area (Å²) in [7, 11) is -8.60. The van der Waals surface area contributed by atoms with E-state index < -0.39 is 94.1 Å². The smallest absolute Gasteiger partial charge is 0.397 e. The minimum Gasteiger partial charge on any atom is -0.479 e. The number of hydrogen-bond acceptors (Lipinski definition) is 12. The quantitative estimate of drug-likeness (QED) is 0.153. The SMILES string of the molecule is COC1O[C@H](C)C(COCC2O[C@H](C(=O)O)C(C)[C@H](O)C2OS(=O)(=O)O)[C@H](O)C1NS(=O)(=O)O. The molecule has 2 saturated heterocycles. The van der Waals surface area contributed by atoms with Gasteiger partial charge >= 0.3 is 26.7 Å². The van der Waals surface area contributed by atoms with Crippen LogP contribution in [-0.2, 0) is 48.6 Å². The highest BCUT2D eigenvalue weighted by Crippen LogP contribution is 2.31. The first-order valence-electron chi connectivity index (χ1n) is 9.96. The fourth-order valence-electron chi connectivity index (χ4n) is 3.92. The third-order valence-electron chi connectivity index (χ3n) is 5.68. The van der Waals surface area contributed by atoms with E-state index in [1.165, 1.54) is 21.0 Å². The number of aliphatic carboxylic acids is 1. The number of aliphatic hydroxyl groups is 2. The normalized spacial score (nSPS) is 39.6. The number of carbonyl (C=O) groups is 1. The molecule has 6 N–H and O–H groups in total.